The van der Waals surface area contributed by atoms with Crippen LogP contribution in [-0.4, -0.2) is 48.3 Å². The molecule has 0 N–H and O–H groups in total. The highest BCUT2D eigenvalue weighted by Crippen LogP contribution is 2.46. The Kier molecular flexibility index (Phi) is 4.86. The number of carbonyl (C=O) groups is 2. The number of benzene rings is 2. The minimum Gasteiger partial charge on any atom is -0.467 e. The lowest BCUT2D eigenvalue weighted by molar-refractivity contribution is -0.151. The summed E-state index contributed by atoms with van der Waals surface area (Å²) >= 11 is 0. The molecule has 2 aliphatic rings. The van der Waals surface area contributed by atoms with Gasteiger partial charge in [-0.15, -0.1) is 0 Å². The fraction of sp³-hybridized carbons (Fsp3) is 0.348. The summed E-state index contributed by atoms with van der Waals surface area (Å²) in [6, 6.07) is 15.4. The summed E-state index contributed by atoms with van der Waals surface area (Å²) in [7, 11) is 2.83. The topological polar surface area (TPSA) is 68.2 Å². The second-order valence-corrected chi connectivity index (χ2v) is 7.59. The van der Waals surface area contributed by atoms with E-state index in [1.807, 2.05) is 36.4 Å². The van der Waals surface area contributed by atoms with Gasteiger partial charge in [0, 0.05) is 12.0 Å². The zero-order chi connectivity index (χ0) is 20.6. The molecule has 0 saturated carbocycles. The van der Waals surface area contributed by atoms with Gasteiger partial charge in [0.25, 0.3) is 5.91 Å². The van der Waals surface area contributed by atoms with Gasteiger partial charge in [0.15, 0.2) is 0 Å². The lowest BCUT2D eigenvalue weighted by Gasteiger charge is -2.31. The van der Waals surface area contributed by atoms with Gasteiger partial charge in [-0.25, -0.2) is 4.79 Å². The molecule has 1 amide bonds. The quantitative estimate of drug-likeness (QED) is 0.589. The largest absolute Gasteiger partial charge is 0.467 e. The maximum atomic E-state index is 13.4. The van der Waals surface area contributed by atoms with Gasteiger partial charge < -0.3 is 14.5 Å². The van der Waals surface area contributed by atoms with Crippen LogP contribution in [0.15, 0.2) is 53.7 Å². The van der Waals surface area contributed by atoms with Crippen LogP contribution >= 0.6 is 0 Å². The maximum Gasteiger partial charge on any atom is 0.332 e. The molecule has 0 radical (unpaired) electrons. The number of methoxy groups -OCH3 is 1. The highest BCUT2D eigenvalue weighted by molar-refractivity contribution is 6.09. The number of amides is 1. The predicted octanol–water partition coefficient (Wildman–Crippen LogP) is 3.58. The van der Waals surface area contributed by atoms with Crippen LogP contribution in [0.25, 0.3) is 11.1 Å². The van der Waals surface area contributed by atoms with Crippen molar-refractivity contribution in [2.75, 3.05) is 14.2 Å². The Morgan fingerprint density at radius 2 is 1.83 bits per heavy atom. The number of oxime groups is 1. The number of ether oxygens (including phenoxy) is 1. The lowest BCUT2D eigenvalue weighted by Crippen LogP contribution is -2.51. The number of hydrogen-bond donors (Lipinski definition) is 0. The average Bonchev–Trinajstić information content (AvgIpc) is 3.27. The molecule has 29 heavy (non-hydrogen) atoms. The zero-order valence-electron chi connectivity index (χ0n) is 16.8. The highest BCUT2D eigenvalue weighted by atomic mass is 16.6. The molecule has 6 nitrogen and oxygen atoms in total. The summed E-state index contributed by atoms with van der Waals surface area (Å²) in [4.78, 5) is 32.7. The highest BCUT2D eigenvalue weighted by Gasteiger charge is 2.62. The van der Waals surface area contributed by atoms with Crippen molar-refractivity contribution in [1.29, 1.82) is 0 Å². The molecule has 2 unspecified atom stereocenters. The van der Waals surface area contributed by atoms with Crippen LogP contribution in [0.3, 0.4) is 0 Å². The maximum absolute atomic E-state index is 13.4. The van der Waals surface area contributed by atoms with Gasteiger partial charge in [-0.05, 0) is 48.6 Å². The van der Waals surface area contributed by atoms with Crippen molar-refractivity contribution in [3.05, 3.63) is 59.7 Å². The van der Waals surface area contributed by atoms with Crippen LogP contribution in [-0.2, 0) is 14.4 Å². The van der Waals surface area contributed by atoms with E-state index in [4.69, 9.17) is 9.57 Å². The second kappa shape index (κ2) is 7.35. The van der Waals surface area contributed by atoms with Gasteiger partial charge in [0.2, 0.25) is 0 Å². The van der Waals surface area contributed by atoms with Gasteiger partial charge in [-0.2, -0.15) is 0 Å². The lowest BCUT2D eigenvalue weighted by atomic mass is 9.86. The second-order valence-electron chi connectivity index (χ2n) is 7.59. The molecule has 4 rings (SSSR count). The van der Waals surface area contributed by atoms with E-state index in [1.165, 1.54) is 19.8 Å². The van der Waals surface area contributed by atoms with Gasteiger partial charge in [-0.3, -0.25) is 4.79 Å². The number of nitrogens with zero attached hydrogens (tertiary/aromatic N) is 2. The molecule has 2 aromatic carbocycles. The third-order valence-electron chi connectivity index (χ3n) is 6.04. The van der Waals surface area contributed by atoms with E-state index in [0.29, 0.717) is 30.5 Å². The van der Waals surface area contributed by atoms with Crippen molar-refractivity contribution in [2.24, 2.45) is 5.16 Å². The van der Waals surface area contributed by atoms with Crippen LogP contribution in [0.5, 0.6) is 0 Å². The molecule has 150 valence electrons. The van der Waals surface area contributed by atoms with E-state index in [0.717, 1.165) is 11.1 Å². The van der Waals surface area contributed by atoms with E-state index < -0.39 is 11.5 Å². The molecule has 2 bridgehead atoms. The molecule has 2 aromatic rings. The van der Waals surface area contributed by atoms with E-state index in [-0.39, 0.29) is 11.9 Å². The Bertz CT molecular complexity index is 983. The van der Waals surface area contributed by atoms with Gasteiger partial charge in [0.1, 0.15) is 12.6 Å². The first kappa shape index (κ1) is 19.2. The molecule has 2 heterocycles. The molecule has 2 saturated heterocycles. The number of hydrogen-bond acceptors (Lipinski definition) is 5. The monoisotopic (exact) mass is 392 g/mol. The summed E-state index contributed by atoms with van der Waals surface area (Å²) in [5, 5.41) is 4.07. The Hall–Kier alpha value is -3.15. The van der Waals surface area contributed by atoms with E-state index >= 15 is 0 Å². The summed E-state index contributed by atoms with van der Waals surface area (Å²) in [5.74, 6) is -0.582. The summed E-state index contributed by atoms with van der Waals surface area (Å²) in [6.45, 7) is 2.06. The molecular weight excluding hydrogens is 368 g/mol. The van der Waals surface area contributed by atoms with Crippen LogP contribution in [0.1, 0.15) is 35.2 Å². The van der Waals surface area contributed by atoms with Gasteiger partial charge >= 0.3 is 5.97 Å². The molecule has 2 fully saturated rings. The molecule has 0 spiro atoms. The SMILES string of the molecule is CO/N=C1/CC2(C(=O)OC)CCC1N2C(=O)c1ccc(-c2ccccc2C)cc1. The average molecular weight is 392 g/mol. The van der Waals surface area contributed by atoms with E-state index in [2.05, 4.69) is 24.2 Å². The fourth-order valence-electron chi connectivity index (χ4n) is 4.67. The smallest absolute Gasteiger partial charge is 0.332 e. The van der Waals surface area contributed by atoms with Crippen LogP contribution in [0.4, 0.5) is 0 Å². The summed E-state index contributed by atoms with van der Waals surface area (Å²) in [5.41, 5.74) is 3.62. The Labute approximate surface area is 170 Å². The molecular formula is C23H24N2O4. The minimum atomic E-state index is -0.997. The number of esters is 1. The third kappa shape index (κ3) is 2.99. The van der Waals surface area contributed by atoms with Crippen molar-refractivity contribution < 1.29 is 19.2 Å². The molecule has 0 aromatic heterocycles. The van der Waals surface area contributed by atoms with Crippen LogP contribution in [0, 0.1) is 6.92 Å². The van der Waals surface area contributed by atoms with E-state index in [1.54, 1.807) is 4.90 Å². The Balaban J connectivity index is 1.67. The first-order valence-electron chi connectivity index (χ1n) is 9.70. The first-order chi connectivity index (χ1) is 14.0. The molecule has 2 aliphatic heterocycles. The van der Waals surface area contributed by atoms with Crippen molar-refractivity contribution in [1.82, 2.24) is 4.90 Å². The van der Waals surface area contributed by atoms with Gasteiger partial charge in [0.05, 0.1) is 18.9 Å². The number of aryl methyl sites for hydroxylation is 1. The zero-order valence-corrected chi connectivity index (χ0v) is 16.8. The van der Waals surface area contributed by atoms with Crippen molar-refractivity contribution in [3.63, 3.8) is 0 Å². The number of rotatable bonds is 4. The normalized spacial score (nSPS) is 24.0. The fourth-order valence-corrected chi connectivity index (χ4v) is 4.67. The summed E-state index contributed by atoms with van der Waals surface area (Å²) < 4.78 is 5.06. The van der Waals surface area contributed by atoms with Crippen molar-refractivity contribution in [3.8, 4) is 11.1 Å². The third-order valence-corrected chi connectivity index (χ3v) is 6.04. The molecule has 2 atom stereocenters. The standard InChI is InChI=1S/C23H24N2O4/c1-15-6-4-5-7-18(15)16-8-10-17(11-9-16)21(26)25-20-12-13-23(25,22(27)28-2)14-19(20)24-29-3/h4-11,20H,12-14H2,1-3H3/b24-19-. The summed E-state index contributed by atoms with van der Waals surface area (Å²) in [6.07, 6.45) is 1.59. The minimum absolute atomic E-state index is 0.185. The first-order valence-corrected chi connectivity index (χ1v) is 9.70. The van der Waals surface area contributed by atoms with Crippen LogP contribution in [0.2, 0.25) is 0 Å². The van der Waals surface area contributed by atoms with Crippen molar-refractivity contribution in [2.45, 2.75) is 37.8 Å². The Morgan fingerprint density at radius 3 is 2.48 bits per heavy atom. The molecule has 6 heteroatoms. The Morgan fingerprint density at radius 1 is 1.10 bits per heavy atom. The number of carbonyl (C=O) groups excluding carboxylic acids is 2. The molecule has 0 aliphatic carbocycles. The van der Waals surface area contributed by atoms with Gasteiger partial charge in [-0.1, -0.05) is 41.6 Å². The van der Waals surface area contributed by atoms with Crippen LogP contribution < -0.4 is 0 Å². The predicted molar refractivity (Wildman–Crippen MR) is 110 cm³/mol. The number of fused-ring (bicyclic) bond motifs is 2. The van der Waals surface area contributed by atoms with Crippen molar-refractivity contribution >= 4 is 17.6 Å². The van der Waals surface area contributed by atoms with E-state index in [9.17, 15) is 9.59 Å².